The molecule has 1 aromatic carbocycles. The van der Waals surface area contributed by atoms with Gasteiger partial charge in [0.05, 0.1) is 6.42 Å². The van der Waals surface area contributed by atoms with Crippen molar-refractivity contribution in [2.24, 2.45) is 0 Å². The standard InChI is InChI=1S/C17H19BrF2N4O3/c1-9(2)24-16(26)14(18)15(23-17(24)22-6-5-13(21)25)27-8-10-3-4-11(19)7-12(10)20/h3-4,7,9H,5-6,8H2,1-2H3,(H2,21,25)(H,22,23)/p+1. The molecule has 2 rings (SSSR count). The van der Waals surface area contributed by atoms with Gasteiger partial charge in [-0.2, -0.15) is 4.98 Å². The van der Waals surface area contributed by atoms with Crippen molar-refractivity contribution in [1.29, 1.82) is 0 Å². The van der Waals surface area contributed by atoms with Gasteiger partial charge in [0, 0.05) is 24.2 Å². The molecule has 1 aromatic heterocycles. The Bertz CT molecular complexity index is 902. The highest BCUT2D eigenvalue weighted by Crippen LogP contribution is 2.24. The Kier molecular flexibility index (Phi) is 7.03. The van der Waals surface area contributed by atoms with Crippen LogP contribution in [0.5, 0.6) is 5.88 Å². The van der Waals surface area contributed by atoms with Crippen molar-refractivity contribution < 1.29 is 24.0 Å². The maximum Gasteiger partial charge on any atom is 0.310 e. The lowest BCUT2D eigenvalue weighted by Gasteiger charge is -2.18. The largest absolute Gasteiger partial charge is 0.472 e. The summed E-state index contributed by atoms with van der Waals surface area (Å²) >= 11 is 3.16. The van der Waals surface area contributed by atoms with E-state index in [0.717, 1.165) is 12.1 Å². The lowest BCUT2D eigenvalue weighted by atomic mass is 10.2. The Morgan fingerprint density at radius 3 is 2.70 bits per heavy atom. The van der Waals surface area contributed by atoms with Gasteiger partial charge < -0.3 is 10.1 Å². The van der Waals surface area contributed by atoms with Gasteiger partial charge in [0.15, 0.2) is 0 Å². The van der Waals surface area contributed by atoms with Crippen molar-refractivity contribution in [2.75, 3.05) is 11.9 Å². The van der Waals surface area contributed by atoms with E-state index in [9.17, 15) is 18.4 Å². The first-order valence-corrected chi connectivity index (χ1v) is 8.97. The van der Waals surface area contributed by atoms with Gasteiger partial charge in [0.1, 0.15) is 22.7 Å². The molecule has 0 fully saturated rings. The quantitative estimate of drug-likeness (QED) is 0.647. The Hall–Kier alpha value is -2.33. The molecule has 0 saturated heterocycles. The van der Waals surface area contributed by atoms with Crippen LogP contribution >= 0.6 is 15.9 Å². The summed E-state index contributed by atoms with van der Waals surface area (Å²) in [6, 6.07) is 2.92. The fourth-order valence-corrected chi connectivity index (χ4v) is 2.68. The van der Waals surface area contributed by atoms with Crippen LogP contribution in [-0.4, -0.2) is 22.0 Å². The zero-order valence-electron chi connectivity index (χ0n) is 14.9. The highest BCUT2D eigenvalue weighted by atomic mass is 79.9. The van der Waals surface area contributed by atoms with Gasteiger partial charge in [-0.1, -0.05) is 0 Å². The number of amides is 1. The Morgan fingerprint density at radius 2 is 2.11 bits per heavy atom. The van der Waals surface area contributed by atoms with Crippen molar-refractivity contribution >= 4 is 27.8 Å². The fraction of sp³-hybridized carbons (Fsp3) is 0.353. The van der Waals surface area contributed by atoms with Crippen LogP contribution < -0.4 is 21.3 Å². The topological polar surface area (TPSA) is 101 Å². The van der Waals surface area contributed by atoms with Crippen LogP contribution in [0.2, 0.25) is 0 Å². The summed E-state index contributed by atoms with van der Waals surface area (Å²) in [6.45, 7) is 3.62. The van der Waals surface area contributed by atoms with Gasteiger partial charge in [-0.3, -0.25) is 15.1 Å². The number of hydrogen-bond acceptors (Lipinski definition) is 5. The van der Waals surface area contributed by atoms with Crippen LogP contribution in [0.25, 0.3) is 0 Å². The number of ether oxygens (including phenoxy) is 1. The first-order valence-electron chi connectivity index (χ1n) is 8.18. The molecule has 2 aromatic rings. The van der Waals surface area contributed by atoms with Gasteiger partial charge in [0.2, 0.25) is 11.8 Å². The second kappa shape index (κ2) is 9.05. The SMILES string of the molecule is CC(C)n1c(NCCC([NH3+])=O)nc(OCc2ccc(F)cc2F)c(Br)c1=O. The molecule has 10 heteroatoms. The minimum atomic E-state index is -0.756. The summed E-state index contributed by atoms with van der Waals surface area (Å²) in [5.41, 5.74) is 3.02. The van der Waals surface area contributed by atoms with Crippen molar-refractivity contribution in [3.05, 3.63) is 50.2 Å². The highest BCUT2D eigenvalue weighted by molar-refractivity contribution is 9.10. The normalized spacial score (nSPS) is 10.9. The smallest absolute Gasteiger partial charge is 0.310 e. The molecule has 1 amide bonds. The van der Waals surface area contributed by atoms with Crippen LogP contribution in [0.1, 0.15) is 31.9 Å². The Balaban J connectivity index is 2.31. The molecule has 0 spiro atoms. The van der Waals surface area contributed by atoms with E-state index in [0.29, 0.717) is 0 Å². The number of rotatable bonds is 8. The molecule has 7 nitrogen and oxygen atoms in total. The molecule has 146 valence electrons. The van der Waals surface area contributed by atoms with E-state index in [1.165, 1.54) is 10.6 Å². The summed E-state index contributed by atoms with van der Waals surface area (Å²) < 4.78 is 33.7. The van der Waals surface area contributed by atoms with E-state index >= 15 is 0 Å². The number of anilines is 1. The van der Waals surface area contributed by atoms with Crippen LogP contribution in [0.4, 0.5) is 14.7 Å². The molecule has 0 aliphatic heterocycles. The molecule has 0 saturated carbocycles. The number of hydrogen-bond donors (Lipinski definition) is 2. The summed E-state index contributed by atoms with van der Waals surface area (Å²) in [5.74, 6) is -1.52. The molecule has 0 radical (unpaired) electrons. The number of carbonyl (C=O) groups excluding carboxylic acids is 1. The zero-order valence-corrected chi connectivity index (χ0v) is 16.5. The van der Waals surface area contributed by atoms with Gasteiger partial charge >= 0.3 is 5.91 Å². The number of nitrogens with zero attached hydrogens (tertiary/aromatic N) is 2. The van der Waals surface area contributed by atoms with E-state index in [1.807, 2.05) is 13.8 Å². The van der Waals surface area contributed by atoms with Crippen molar-refractivity contribution in [3.8, 4) is 5.88 Å². The molecule has 0 bridgehead atoms. The first-order chi connectivity index (χ1) is 12.7. The van der Waals surface area contributed by atoms with Crippen LogP contribution in [0.15, 0.2) is 27.5 Å². The number of nitrogens with one attached hydrogen (secondary N) is 1. The fourth-order valence-electron chi connectivity index (χ4n) is 2.29. The summed E-state index contributed by atoms with van der Waals surface area (Å²) in [6.07, 6.45) is 0.168. The van der Waals surface area contributed by atoms with Crippen LogP contribution in [0.3, 0.4) is 0 Å². The van der Waals surface area contributed by atoms with Crippen LogP contribution in [0, 0.1) is 11.6 Å². The molecule has 4 N–H and O–H groups in total. The summed E-state index contributed by atoms with van der Waals surface area (Å²) in [7, 11) is 0. The molecule has 0 aliphatic rings. The third kappa shape index (κ3) is 5.33. The predicted molar refractivity (Wildman–Crippen MR) is 98.3 cm³/mol. The number of aromatic nitrogens is 2. The maximum absolute atomic E-state index is 13.8. The second-order valence-electron chi connectivity index (χ2n) is 6.06. The van der Waals surface area contributed by atoms with Crippen molar-refractivity contribution in [3.63, 3.8) is 0 Å². The predicted octanol–water partition coefficient (Wildman–Crippen LogP) is 2.01. The van der Waals surface area contributed by atoms with E-state index in [4.69, 9.17) is 4.74 Å². The van der Waals surface area contributed by atoms with Crippen molar-refractivity contribution in [1.82, 2.24) is 9.55 Å². The molecule has 27 heavy (non-hydrogen) atoms. The van der Waals surface area contributed by atoms with Crippen molar-refractivity contribution in [2.45, 2.75) is 32.9 Å². The molecule has 0 unspecified atom stereocenters. The van der Waals surface area contributed by atoms with E-state index in [-0.39, 0.29) is 53.4 Å². The minimum Gasteiger partial charge on any atom is -0.472 e. The lowest BCUT2D eigenvalue weighted by molar-refractivity contribution is -0.305. The number of carbonyl (C=O) groups is 1. The van der Waals surface area contributed by atoms with E-state index < -0.39 is 17.2 Å². The molecular formula is C17H20BrF2N4O3+. The third-order valence-electron chi connectivity index (χ3n) is 3.61. The van der Waals surface area contributed by atoms with E-state index in [1.54, 1.807) is 0 Å². The number of halogens is 3. The Labute approximate surface area is 162 Å². The molecule has 0 aliphatic carbocycles. The first kappa shape index (κ1) is 21.0. The molecule has 0 atom stereocenters. The highest BCUT2D eigenvalue weighted by Gasteiger charge is 2.18. The molecular weight excluding hydrogens is 426 g/mol. The average molecular weight is 446 g/mol. The van der Waals surface area contributed by atoms with Gasteiger partial charge in [-0.05, 0) is 41.9 Å². The molecule has 1 heterocycles. The zero-order chi connectivity index (χ0) is 20.1. The summed E-state index contributed by atoms with van der Waals surface area (Å²) in [5, 5.41) is 2.92. The number of benzene rings is 1. The van der Waals surface area contributed by atoms with E-state index in [2.05, 4.69) is 32.0 Å². The lowest BCUT2D eigenvalue weighted by Crippen LogP contribution is -2.57. The van der Waals surface area contributed by atoms with Gasteiger partial charge in [-0.25, -0.2) is 13.6 Å². The number of quaternary nitrogens is 1. The second-order valence-corrected chi connectivity index (χ2v) is 6.86. The third-order valence-corrected chi connectivity index (χ3v) is 4.29. The Morgan fingerprint density at radius 1 is 1.41 bits per heavy atom. The minimum absolute atomic E-state index is 0.0379. The summed E-state index contributed by atoms with van der Waals surface area (Å²) in [4.78, 5) is 27.9. The monoisotopic (exact) mass is 445 g/mol. The van der Waals surface area contributed by atoms with Gasteiger partial charge in [0.25, 0.3) is 5.56 Å². The van der Waals surface area contributed by atoms with Crippen LogP contribution in [-0.2, 0) is 11.4 Å². The average Bonchev–Trinajstić information content (AvgIpc) is 2.57. The maximum atomic E-state index is 13.8. The van der Waals surface area contributed by atoms with Gasteiger partial charge in [-0.15, -0.1) is 0 Å².